The molecular weight excluding hydrogens is 222 g/mol. The van der Waals surface area contributed by atoms with Crippen molar-refractivity contribution >= 4 is 11.5 Å². The van der Waals surface area contributed by atoms with Crippen molar-refractivity contribution in [2.24, 2.45) is 0 Å². The van der Waals surface area contributed by atoms with E-state index in [9.17, 15) is 4.79 Å². The maximum atomic E-state index is 11.4. The Morgan fingerprint density at radius 3 is 2.17 bits per heavy atom. The molecule has 2 heteroatoms. The van der Waals surface area contributed by atoms with Crippen LogP contribution in [0.5, 0.6) is 0 Å². The first kappa shape index (κ1) is 12.4. The van der Waals surface area contributed by atoms with Gasteiger partial charge in [-0.15, -0.1) is 0 Å². The van der Waals surface area contributed by atoms with Gasteiger partial charge in [-0.3, -0.25) is 4.79 Å². The van der Waals surface area contributed by atoms with Crippen LogP contribution < -0.4 is 4.90 Å². The van der Waals surface area contributed by atoms with Gasteiger partial charge in [0, 0.05) is 25.3 Å². The van der Waals surface area contributed by atoms with E-state index in [4.69, 9.17) is 0 Å². The Hall–Kier alpha value is -2.09. The minimum absolute atomic E-state index is 0.0978. The largest absolute Gasteiger partial charge is 0.378 e. The van der Waals surface area contributed by atoms with E-state index in [0.29, 0.717) is 0 Å². The Balaban J connectivity index is 2.45. The zero-order valence-corrected chi connectivity index (χ0v) is 11.0. The molecule has 0 saturated carbocycles. The van der Waals surface area contributed by atoms with Gasteiger partial charge < -0.3 is 4.90 Å². The SMILES string of the molecule is CC(=O)c1cccc(-c2cccc(N(C)C)c2)c1. The second-order valence-electron chi connectivity index (χ2n) is 4.58. The van der Waals surface area contributed by atoms with Gasteiger partial charge in [-0.25, -0.2) is 0 Å². The minimum atomic E-state index is 0.0978. The molecule has 0 bridgehead atoms. The van der Waals surface area contributed by atoms with E-state index in [1.165, 1.54) is 0 Å². The lowest BCUT2D eigenvalue weighted by Crippen LogP contribution is -2.08. The summed E-state index contributed by atoms with van der Waals surface area (Å²) in [6, 6.07) is 16.0. The maximum absolute atomic E-state index is 11.4. The Labute approximate surface area is 108 Å². The molecule has 2 rings (SSSR count). The van der Waals surface area contributed by atoms with Gasteiger partial charge >= 0.3 is 0 Å². The van der Waals surface area contributed by atoms with Crippen molar-refractivity contribution in [2.75, 3.05) is 19.0 Å². The Bertz CT molecular complexity index is 573. The lowest BCUT2D eigenvalue weighted by molar-refractivity contribution is 0.101. The number of carbonyl (C=O) groups excluding carboxylic acids is 1. The first-order chi connectivity index (χ1) is 8.58. The Morgan fingerprint density at radius 1 is 0.944 bits per heavy atom. The van der Waals surface area contributed by atoms with Crippen molar-refractivity contribution in [1.29, 1.82) is 0 Å². The van der Waals surface area contributed by atoms with Crippen molar-refractivity contribution < 1.29 is 4.79 Å². The fourth-order valence-corrected chi connectivity index (χ4v) is 1.88. The second-order valence-corrected chi connectivity index (χ2v) is 4.58. The van der Waals surface area contributed by atoms with E-state index >= 15 is 0 Å². The zero-order chi connectivity index (χ0) is 13.1. The van der Waals surface area contributed by atoms with E-state index < -0.39 is 0 Å². The van der Waals surface area contributed by atoms with Crippen LogP contribution in [0, 0.1) is 0 Å². The second kappa shape index (κ2) is 5.05. The molecule has 2 aromatic rings. The number of Topliss-reactive ketones (excluding diaryl/α,β-unsaturated/α-hetero) is 1. The molecule has 0 radical (unpaired) electrons. The smallest absolute Gasteiger partial charge is 0.159 e. The minimum Gasteiger partial charge on any atom is -0.378 e. The summed E-state index contributed by atoms with van der Waals surface area (Å²) in [4.78, 5) is 13.5. The van der Waals surface area contributed by atoms with Crippen LogP contribution in [0.2, 0.25) is 0 Å². The van der Waals surface area contributed by atoms with E-state index in [0.717, 1.165) is 22.4 Å². The lowest BCUT2D eigenvalue weighted by Gasteiger charge is -2.13. The van der Waals surface area contributed by atoms with Crippen molar-refractivity contribution in [2.45, 2.75) is 6.92 Å². The van der Waals surface area contributed by atoms with Crippen LogP contribution >= 0.6 is 0 Å². The van der Waals surface area contributed by atoms with Gasteiger partial charge in [-0.1, -0.05) is 30.3 Å². The molecule has 0 saturated heterocycles. The van der Waals surface area contributed by atoms with Gasteiger partial charge in [-0.05, 0) is 36.2 Å². The number of rotatable bonds is 3. The standard InChI is InChI=1S/C16H17NO/c1-12(18)13-6-4-7-14(10-13)15-8-5-9-16(11-15)17(2)3/h4-11H,1-3H3. The normalized spacial score (nSPS) is 10.2. The van der Waals surface area contributed by atoms with Crippen molar-refractivity contribution in [1.82, 2.24) is 0 Å². The van der Waals surface area contributed by atoms with Crippen molar-refractivity contribution in [3.8, 4) is 11.1 Å². The summed E-state index contributed by atoms with van der Waals surface area (Å²) in [7, 11) is 4.04. The van der Waals surface area contributed by atoms with E-state index in [1.54, 1.807) is 6.92 Å². The van der Waals surface area contributed by atoms with Gasteiger partial charge in [0.2, 0.25) is 0 Å². The molecule has 0 aliphatic carbocycles. The quantitative estimate of drug-likeness (QED) is 0.762. The van der Waals surface area contributed by atoms with Gasteiger partial charge in [0.05, 0.1) is 0 Å². The molecule has 92 valence electrons. The molecule has 0 heterocycles. The van der Waals surface area contributed by atoms with Crippen LogP contribution in [-0.2, 0) is 0 Å². The summed E-state index contributed by atoms with van der Waals surface area (Å²) in [6.07, 6.45) is 0. The number of hydrogen-bond acceptors (Lipinski definition) is 2. The molecule has 2 nitrogen and oxygen atoms in total. The number of nitrogens with zero attached hydrogens (tertiary/aromatic N) is 1. The molecule has 0 aliphatic heterocycles. The van der Waals surface area contributed by atoms with E-state index in [2.05, 4.69) is 23.1 Å². The number of carbonyl (C=O) groups is 1. The molecule has 0 fully saturated rings. The number of ketones is 1. The number of hydrogen-bond donors (Lipinski definition) is 0. The summed E-state index contributed by atoms with van der Waals surface area (Å²) < 4.78 is 0. The van der Waals surface area contributed by atoms with Gasteiger partial charge in [-0.2, -0.15) is 0 Å². The summed E-state index contributed by atoms with van der Waals surface area (Å²) in [5, 5.41) is 0. The molecule has 0 spiro atoms. The van der Waals surface area contributed by atoms with Crippen molar-refractivity contribution in [3.05, 3.63) is 54.1 Å². The maximum Gasteiger partial charge on any atom is 0.159 e. The van der Waals surface area contributed by atoms with E-state index in [-0.39, 0.29) is 5.78 Å². The van der Waals surface area contributed by atoms with Crippen LogP contribution in [0.25, 0.3) is 11.1 Å². The number of benzene rings is 2. The molecule has 0 atom stereocenters. The highest BCUT2D eigenvalue weighted by molar-refractivity contribution is 5.95. The highest BCUT2D eigenvalue weighted by Gasteiger charge is 2.04. The van der Waals surface area contributed by atoms with Gasteiger partial charge in [0.15, 0.2) is 5.78 Å². The van der Waals surface area contributed by atoms with Crippen LogP contribution in [0.1, 0.15) is 17.3 Å². The fourth-order valence-electron chi connectivity index (χ4n) is 1.88. The lowest BCUT2D eigenvalue weighted by atomic mass is 10.0. The summed E-state index contributed by atoms with van der Waals surface area (Å²) in [5.41, 5.74) is 4.11. The summed E-state index contributed by atoms with van der Waals surface area (Å²) in [5.74, 6) is 0.0978. The molecule has 0 N–H and O–H groups in total. The van der Waals surface area contributed by atoms with Crippen LogP contribution in [0.15, 0.2) is 48.5 Å². The van der Waals surface area contributed by atoms with Gasteiger partial charge in [0.25, 0.3) is 0 Å². The van der Waals surface area contributed by atoms with Crippen LogP contribution in [-0.4, -0.2) is 19.9 Å². The van der Waals surface area contributed by atoms with Crippen LogP contribution in [0.4, 0.5) is 5.69 Å². The third-order valence-corrected chi connectivity index (χ3v) is 2.96. The average Bonchev–Trinajstić information content (AvgIpc) is 2.39. The fraction of sp³-hybridized carbons (Fsp3) is 0.188. The topological polar surface area (TPSA) is 20.3 Å². The molecule has 0 unspecified atom stereocenters. The third-order valence-electron chi connectivity index (χ3n) is 2.96. The van der Waals surface area contributed by atoms with Crippen LogP contribution in [0.3, 0.4) is 0 Å². The zero-order valence-electron chi connectivity index (χ0n) is 11.0. The molecular formula is C16H17NO. The first-order valence-electron chi connectivity index (χ1n) is 5.96. The molecule has 0 aromatic heterocycles. The van der Waals surface area contributed by atoms with Crippen molar-refractivity contribution in [3.63, 3.8) is 0 Å². The summed E-state index contributed by atoms with van der Waals surface area (Å²) in [6.45, 7) is 1.59. The Kier molecular flexibility index (Phi) is 3.47. The monoisotopic (exact) mass is 239 g/mol. The molecule has 18 heavy (non-hydrogen) atoms. The first-order valence-corrected chi connectivity index (χ1v) is 5.96. The number of anilines is 1. The highest BCUT2D eigenvalue weighted by atomic mass is 16.1. The van der Waals surface area contributed by atoms with Gasteiger partial charge in [0.1, 0.15) is 0 Å². The summed E-state index contributed by atoms with van der Waals surface area (Å²) >= 11 is 0. The highest BCUT2D eigenvalue weighted by Crippen LogP contribution is 2.24. The Morgan fingerprint density at radius 2 is 1.56 bits per heavy atom. The predicted octanol–water partition coefficient (Wildman–Crippen LogP) is 3.62. The predicted molar refractivity (Wildman–Crippen MR) is 76.2 cm³/mol. The molecule has 2 aromatic carbocycles. The van der Waals surface area contributed by atoms with E-state index in [1.807, 2.05) is 44.4 Å². The molecule has 0 aliphatic rings. The average molecular weight is 239 g/mol. The third kappa shape index (κ3) is 2.59. The molecule has 0 amide bonds.